The second-order valence-corrected chi connectivity index (χ2v) is 5.10. The zero-order valence-corrected chi connectivity index (χ0v) is 10.6. The SMILES string of the molecule is Nc1nn2c(Cn3cnc4ccccc43)nnc2s1. The number of para-hydroxylation sites is 2. The van der Waals surface area contributed by atoms with Crippen molar-refractivity contribution < 1.29 is 0 Å². The molecule has 0 unspecified atom stereocenters. The van der Waals surface area contributed by atoms with Crippen molar-refractivity contribution in [3.63, 3.8) is 0 Å². The number of nitrogens with two attached hydrogens (primary N) is 1. The van der Waals surface area contributed by atoms with Crippen LogP contribution >= 0.6 is 11.3 Å². The van der Waals surface area contributed by atoms with Crippen LogP contribution in [-0.2, 0) is 6.54 Å². The fraction of sp³-hybridized carbons (Fsp3) is 0.0909. The highest BCUT2D eigenvalue weighted by molar-refractivity contribution is 7.20. The lowest BCUT2D eigenvalue weighted by atomic mass is 10.3. The number of hydrogen-bond donors (Lipinski definition) is 1. The summed E-state index contributed by atoms with van der Waals surface area (Å²) in [6, 6.07) is 7.96. The fourth-order valence-corrected chi connectivity index (χ4v) is 2.68. The van der Waals surface area contributed by atoms with E-state index in [9.17, 15) is 0 Å². The highest BCUT2D eigenvalue weighted by Crippen LogP contribution is 2.17. The minimum Gasteiger partial charge on any atom is -0.374 e. The molecule has 8 heteroatoms. The van der Waals surface area contributed by atoms with E-state index in [1.807, 2.05) is 28.8 Å². The molecule has 0 fully saturated rings. The number of nitrogens with zero attached hydrogens (tertiary/aromatic N) is 6. The molecule has 0 amide bonds. The Morgan fingerprint density at radius 1 is 1.21 bits per heavy atom. The fourth-order valence-electron chi connectivity index (χ4n) is 2.06. The molecule has 4 aromatic rings. The van der Waals surface area contributed by atoms with E-state index in [0.717, 1.165) is 16.9 Å². The highest BCUT2D eigenvalue weighted by Gasteiger charge is 2.11. The zero-order chi connectivity index (χ0) is 12.8. The summed E-state index contributed by atoms with van der Waals surface area (Å²) in [4.78, 5) is 5.05. The molecule has 0 aliphatic heterocycles. The van der Waals surface area contributed by atoms with Crippen molar-refractivity contribution in [3.05, 3.63) is 36.4 Å². The number of aromatic nitrogens is 6. The molecular formula is C11H9N7S. The van der Waals surface area contributed by atoms with Crippen molar-refractivity contribution >= 4 is 32.5 Å². The van der Waals surface area contributed by atoms with Crippen LogP contribution in [0.25, 0.3) is 16.0 Å². The van der Waals surface area contributed by atoms with E-state index in [1.165, 1.54) is 11.3 Å². The topological polar surface area (TPSA) is 86.9 Å². The number of fused-ring (bicyclic) bond motifs is 2. The van der Waals surface area contributed by atoms with Gasteiger partial charge in [0.05, 0.1) is 23.9 Å². The van der Waals surface area contributed by atoms with Crippen LogP contribution in [0.3, 0.4) is 0 Å². The Hall–Kier alpha value is -2.48. The summed E-state index contributed by atoms with van der Waals surface area (Å²) >= 11 is 1.32. The molecule has 0 spiro atoms. The molecule has 0 atom stereocenters. The highest BCUT2D eigenvalue weighted by atomic mass is 32.1. The monoisotopic (exact) mass is 271 g/mol. The third-order valence-corrected chi connectivity index (χ3v) is 3.64. The molecule has 19 heavy (non-hydrogen) atoms. The second kappa shape index (κ2) is 3.75. The van der Waals surface area contributed by atoms with Gasteiger partial charge in [0, 0.05) is 0 Å². The molecule has 2 N–H and O–H groups in total. The summed E-state index contributed by atoms with van der Waals surface area (Å²) in [7, 11) is 0. The van der Waals surface area contributed by atoms with E-state index in [2.05, 4.69) is 20.3 Å². The average Bonchev–Trinajstić information content (AvgIpc) is 3.07. The molecule has 0 aliphatic rings. The van der Waals surface area contributed by atoms with Crippen LogP contribution < -0.4 is 5.73 Å². The smallest absolute Gasteiger partial charge is 0.236 e. The van der Waals surface area contributed by atoms with Gasteiger partial charge >= 0.3 is 0 Å². The molecule has 0 radical (unpaired) electrons. The van der Waals surface area contributed by atoms with E-state index in [4.69, 9.17) is 5.73 Å². The quantitative estimate of drug-likeness (QED) is 0.591. The summed E-state index contributed by atoms with van der Waals surface area (Å²) in [6.07, 6.45) is 1.79. The van der Waals surface area contributed by atoms with Crippen molar-refractivity contribution in [1.82, 2.24) is 29.4 Å². The standard InChI is InChI=1S/C11H9N7S/c12-10-16-18-9(14-15-11(18)19-10)5-17-6-13-7-3-1-2-4-8(7)17/h1-4,6H,5H2,(H2,12,16). The predicted octanol–water partition coefficient (Wildman–Crippen LogP) is 1.17. The van der Waals surface area contributed by atoms with Crippen LogP contribution in [0.4, 0.5) is 5.13 Å². The largest absolute Gasteiger partial charge is 0.374 e. The predicted molar refractivity (Wildman–Crippen MR) is 71.9 cm³/mol. The first-order valence-electron chi connectivity index (χ1n) is 5.68. The van der Waals surface area contributed by atoms with E-state index in [1.54, 1.807) is 10.8 Å². The van der Waals surface area contributed by atoms with Gasteiger partial charge < -0.3 is 10.3 Å². The molecule has 0 aliphatic carbocycles. The van der Waals surface area contributed by atoms with E-state index in [0.29, 0.717) is 16.6 Å². The maximum atomic E-state index is 5.67. The Kier molecular flexibility index (Phi) is 2.06. The van der Waals surface area contributed by atoms with E-state index in [-0.39, 0.29) is 0 Å². The first-order chi connectivity index (χ1) is 9.31. The molecular weight excluding hydrogens is 262 g/mol. The maximum Gasteiger partial charge on any atom is 0.236 e. The van der Waals surface area contributed by atoms with Crippen LogP contribution in [0.1, 0.15) is 5.82 Å². The third-order valence-electron chi connectivity index (χ3n) is 2.91. The summed E-state index contributed by atoms with van der Waals surface area (Å²) < 4.78 is 3.69. The van der Waals surface area contributed by atoms with Crippen molar-refractivity contribution in [1.29, 1.82) is 0 Å². The van der Waals surface area contributed by atoms with Gasteiger partial charge in [0.2, 0.25) is 10.1 Å². The van der Waals surface area contributed by atoms with Crippen molar-refractivity contribution in [3.8, 4) is 0 Å². The van der Waals surface area contributed by atoms with Crippen LogP contribution in [0, 0.1) is 0 Å². The van der Waals surface area contributed by atoms with E-state index < -0.39 is 0 Å². The zero-order valence-electron chi connectivity index (χ0n) is 9.76. The Bertz CT molecular complexity index is 871. The van der Waals surface area contributed by atoms with Gasteiger partial charge in [-0.05, 0) is 12.1 Å². The number of hydrogen-bond acceptors (Lipinski definition) is 6. The molecule has 7 nitrogen and oxygen atoms in total. The maximum absolute atomic E-state index is 5.67. The van der Waals surface area contributed by atoms with Crippen LogP contribution in [0.5, 0.6) is 0 Å². The Morgan fingerprint density at radius 2 is 2.11 bits per heavy atom. The molecule has 0 saturated carbocycles. The van der Waals surface area contributed by atoms with Gasteiger partial charge in [0.15, 0.2) is 5.82 Å². The number of imidazole rings is 1. The van der Waals surface area contributed by atoms with Gasteiger partial charge in [-0.1, -0.05) is 23.5 Å². The lowest BCUT2D eigenvalue weighted by molar-refractivity contribution is 0.727. The molecule has 3 heterocycles. The lowest BCUT2D eigenvalue weighted by Gasteiger charge is -2.00. The molecule has 94 valence electrons. The average molecular weight is 271 g/mol. The Morgan fingerprint density at radius 3 is 3.05 bits per heavy atom. The number of nitrogen functional groups attached to an aromatic ring is 1. The lowest BCUT2D eigenvalue weighted by Crippen LogP contribution is -2.04. The van der Waals surface area contributed by atoms with Gasteiger partial charge in [-0.3, -0.25) is 0 Å². The normalized spacial score (nSPS) is 11.6. The van der Waals surface area contributed by atoms with Crippen molar-refractivity contribution in [2.75, 3.05) is 5.73 Å². The number of benzene rings is 1. The second-order valence-electron chi connectivity index (χ2n) is 4.11. The summed E-state index contributed by atoms with van der Waals surface area (Å²) in [6.45, 7) is 0.560. The van der Waals surface area contributed by atoms with Gasteiger partial charge in [-0.15, -0.1) is 15.3 Å². The molecule has 3 aromatic heterocycles. The molecule has 1 aromatic carbocycles. The molecule has 0 saturated heterocycles. The summed E-state index contributed by atoms with van der Waals surface area (Å²) in [5.41, 5.74) is 7.68. The van der Waals surface area contributed by atoms with Crippen LogP contribution in [-0.4, -0.2) is 29.4 Å². The third kappa shape index (κ3) is 1.57. The van der Waals surface area contributed by atoms with Crippen LogP contribution in [0.2, 0.25) is 0 Å². The molecule has 4 rings (SSSR count). The van der Waals surface area contributed by atoms with Gasteiger partial charge in [0.25, 0.3) is 0 Å². The Labute approximate surface area is 111 Å². The van der Waals surface area contributed by atoms with Crippen molar-refractivity contribution in [2.45, 2.75) is 6.54 Å². The minimum atomic E-state index is 0.488. The minimum absolute atomic E-state index is 0.488. The van der Waals surface area contributed by atoms with Gasteiger partial charge in [-0.2, -0.15) is 4.52 Å². The first kappa shape index (κ1) is 10.4. The van der Waals surface area contributed by atoms with Gasteiger partial charge in [-0.25, -0.2) is 4.98 Å². The summed E-state index contributed by atoms with van der Waals surface area (Å²) in [5, 5.41) is 12.9. The van der Waals surface area contributed by atoms with E-state index >= 15 is 0 Å². The summed E-state index contributed by atoms with van der Waals surface area (Å²) in [5.74, 6) is 0.742. The van der Waals surface area contributed by atoms with Gasteiger partial charge in [0.1, 0.15) is 0 Å². The molecule has 0 bridgehead atoms. The Balaban J connectivity index is 1.82. The number of anilines is 1. The number of rotatable bonds is 2. The van der Waals surface area contributed by atoms with Crippen molar-refractivity contribution in [2.24, 2.45) is 0 Å². The van der Waals surface area contributed by atoms with Crippen LogP contribution in [0.15, 0.2) is 30.6 Å². The first-order valence-corrected chi connectivity index (χ1v) is 6.49.